The molecule has 4 heteroatoms. The van der Waals surface area contributed by atoms with Gasteiger partial charge in [-0.15, -0.1) is 11.3 Å². The molecule has 2 heterocycles. The van der Waals surface area contributed by atoms with Gasteiger partial charge >= 0.3 is 0 Å². The first kappa shape index (κ1) is 14.9. The van der Waals surface area contributed by atoms with Crippen LogP contribution >= 0.6 is 11.3 Å². The molecule has 3 nitrogen and oxygen atoms in total. The van der Waals surface area contributed by atoms with Crippen molar-refractivity contribution in [3.8, 4) is 0 Å². The van der Waals surface area contributed by atoms with Crippen LogP contribution in [0.2, 0.25) is 0 Å². The van der Waals surface area contributed by atoms with Crippen LogP contribution < -0.4 is 5.32 Å². The van der Waals surface area contributed by atoms with E-state index in [1.165, 1.54) is 46.8 Å². The first-order chi connectivity index (χ1) is 11.2. The fourth-order valence-corrected chi connectivity index (χ4v) is 4.79. The van der Waals surface area contributed by atoms with E-state index in [1.54, 1.807) is 11.3 Å². The molecule has 1 aliphatic carbocycles. The van der Waals surface area contributed by atoms with Gasteiger partial charge < -0.3 is 10.2 Å². The number of fused-ring (bicyclic) bond motifs is 3. The molecule has 1 aliphatic rings. The molecule has 1 saturated carbocycles. The summed E-state index contributed by atoms with van der Waals surface area (Å²) < 4.78 is 1.32. The fraction of sp³-hybridized carbons (Fsp3) is 0.421. The van der Waals surface area contributed by atoms with E-state index in [-0.39, 0.29) is 0 Å². The summed E-state index contributed by atoms with van der Waals surface area (Å²) in [5, 5.41) is 6.43. The first-order valence-electron chi connectivity index (χ1n) is 8.41. The zero-order chi connectivity index (χ0) is 15.8. The normalized spacial score (nSPS) is 22.0. The Kier molecular flexibility index (Phi) is 3.95. The molecule has 2 aromatic heterocycles. The Morgan fingerprint density at radius 1 is 1.09 bits per heavy atom. The molecule has 0 unspecified atom stereocenters. The van der Waals surface area contributed by atoms with Gasteiger partial charge in [0.15, 0.2) is 0 Å². The second-order valence-corrected chi connectivity index (χ2v) is 7.78. The number of aromatic nitrogens is 1. The predicted molar refractivity (Wildman–Crippen MR) is 100 cm³/mol. The van der Waals surface area contributed by atoms with Crippen molar-refractivity contribution in [1.29, 1.82) is 0 Å². The van der Waals surface area contributed by atoms with Gasteiger partial charge in [-0.25, -0.2) is 4.98 Å². The Balaban J connectivity index is 1.62. The highest BCUT2D eigenvalue weighted by atomic mass is 32.1. The van der Waals surface area contributed by atoms with Crippen LogP contribution in [0.1, 0.15) is 25.7 Å². The van der Waals surface area contributed by atoms with Gasteiger partial charge in [0.2, 0.25) is 0 Å². The van der Waals surface area contributed by atoms with E-state index in [0.717, 1.165) is 10.9 Å². The number of benzene rings is 1. The van der Waals surface area contributed by atoms with Gasteiger partial charge in [-0.05, 0) is 51.9 Å². The number of thiophene rings is 1. The third-order valence-corrected chi connectivity index (χ3v) is 6.14. The minimum absolute atomic E-state index is 0.579. The smallest absolute Gasteiger partial charge is 0.126 e. The number of hydrogen-bond acceptors (Lipinski definition) is 4. The van der Waals surface area contributed by atoms with E-state index in [0.29, 0.717) is 6.04 Å². The lowest BCUT2D eigenvalue weighted by Gasteiger charge is -2.33. The molecule has 0 bridgehead atoms. The summed E-state index contributed by atoms with van der Waals surface area (Å²) in [7, 11) is 4.39. The van der Waals surface area contributed by atoms with Crippen LogP contribution in [-0.2, 0) is 0 Å². The predicted octanol–water partition coefficient (Wildman–Crippen LogP) is 4.73. The van der Waals surface area contributed by atoms with Gasteiger partial charge in [-0.1, -0.05) is 18.2 Å². The van der Waals surface area contributed by atoms with Crippen molar-refractivity contribution in [3.63, 3.8) is 0 Å². The topological polar surface area (TPSA) is 28.2 Å². The summed E-state index contributed by atoms with van der Waals surface area (Å²) in [4.78, 5) is 8.08. The Morgan fingerprint density at radius 3 is 2.65 bits per heavy atom. The maximum atomic E-state index is 4.58. The van der Waals surface area contributed by atoms with Crippen LogP contribution in [0.4, 0.5) is 5.69 Å². The van der Waals surface area contributed by atoms with Crippen molar-refractivity contribution in [1.82, 2.24) is 9.88 Å². The quantitative estimate of drug-likeness (QED) is 0.754. The van der Waals surface area contributed by atoms with Crippen LogP contribution in [-0.4, -0.2) is 36.1 Å². The summed E-state index contributed by atoms with van der Waals surface area (Å²) in [6.45, 7) is 0. The maximum absolute atomic E-state index is 4.58. The minimum Gasteiger partial charge on any atom is -0.382 e. The maximum Gasteiger partial charge on any atom is 0.126 e. The van der Waals surface area contributed by atoms with E-state index in [1.807, 2.05) is 6.20 Å². The molecule has 4 rings (SSSR count). The third-order valence-electron chi connectivity index (χ3n) is 5.07. The molecular weight excluding hydrogens is 302 g/mol. The molecule has 0 saturated heterocycles. The largest absolute Gasteiger partial charge is 0.382 e. The van der Waals surface area contributed by atoms with E-state index >= 15 is 0 Å². The number of rotatable bonds is 3. The van der Waals surface area contributed by atoms with Crippen molar-refractivity contribution >= 4 is 37.3 Å². The van der Waals surface area contributed by atoms with Crippen molar-refractivity contribution in [2.45, 2.75) is 37.8 Å². The Morgan fingerprint density at radius 2 is 1.87 bits per heavy atom. The van der Waals surface area contributed by atoms with Gasteiger partial charge in [-0.2, -0.15) is 0 Å². The monoisotopic (exact) mass is 325 g/mol. The van der Waals surface area contributed by atoms with Gasteiger partial charge in [0, 0.05) is 39.4 Å². The SMILES string of the molecule is CN(C)C1CCC(Nc2ccnc3sc4ccccc4c23)CC1. The average Bonchev–Trinajstić information content (AvgIpc) is 2.95. The number of anilines is 1. The lowest BCUT2D eigenvalue weighted by Crippen LogP contribution is -2.36. The van der Waals surface area contributed by atoms with Crippen molar-refractivity contribution in [2.24, 2.45) is 0 Å². The number of nitrogens with zero attached hydrogens (tertiary/aromatic N) is 2. The second kappa shape index (κ2) is 6.10. The molecule has 3 aromatic rings. The fourth-order valence-electron chi connectivity index (χ4n) is 3.72. The van der Waals surface area contributed by atoms with Gasteiger partial charge in [-0.3, -0.25) is 0 Å². The van der Waals surface area contributed by atoms with Crippen LogP contribution in [0.15, 0.2) is 36.5 Å². The summed E-state index contributed by atoms with van der Waals surface area (Å²) in [5.41, 5.74) is 1.25. The first-order valence-corrected chi connectivity index (χ1v) is 9.23. The number of nitrogens with one attached hydrogen (secondary N) is 1. The molecule has 120 valence electrons. The lowest BCUT2D eigenvalue weighted by molar-refractivity contribution is 0.221. The highest BCUT2D eigenvalue weighted by Crippen LogP contribution is 2.37. The van der Waals surface area contributed by atoms with Crippen LogP contribution in [0.5, 0.6) is 0 Å². The Bertz CT molecular complexity index is 816. The summed E-state index contributed by atoms with van der Waals surface area (Å²) in [6, 6.07) is 12.1. The standard InChI is InChI=1S/C19H23N3S/c1-22(2)14-9-7-13(8-10-14)21-16-11-12-20-19-18(16)15-5-3-4-6-17(15)23-19/h3-6,11-14H,7-10H2,1-2H3,(H,20,21). The van der Waals surface area contributed by atoms with E-state index in [9.17, 15) is 0 Å². The average molecular weight is 325 g/mol. The van der Waals surface area contributed by atoms with Crippen molar-refractivity contribution in [2.75, 3.05) is 19.4 Å². The van der Waals surface area contributed by atoms with E-state index in [2.05, 4.69) is 59.6 Å². The van der Waals surface area contributed by atoms with Crippen molar-refractivity contribution in [3.05, 3.63) is 36.5 Å². The van der Waals surface area contributed by atoms with Gasteiger partial charge in [0.05, 0.1) is 0 Å². The third kappa shape index (κ3) is 2.81. The molecule has 0 amide bonds. The number of pyridine rings is 1. The van der Waals surface area contributed by atoms with E-state index in [4.69, 9.17) is 0 Å². The second-order valence-electron chi connectivity index (χ2n) is 6.75. The zero-order valence-corrected chi connectivity index (χ0v) is 14.6. The van der Waals surface area contributed by atoms with Gasteiger partial charge in [0.25, 0.3) is 0 Å². The highest BCUT2D eigenvalue weighted by molar-refractivity contribution is 7.25. The molecule has 0 radical (unpaired) electrons. The summed E-state index contributed by atoms with van der Waals surface area (Å²) in [6.07, 6.45) is 6.99. The zero-order valence-electron chi connectivity index (χ0n) is 13.7. The molecule has 1 N–H and O–H groups in total. The lowest BCUT2D eigenvalue weighted by atomic mass is 9.90. The molecule has 0 spiro atoms. The molecule has 0 atom stereocenters. The summed E-state index contributed by atoms with van der Waals surface area (Å²) in [5.74, 6) is 0. The molecule has 0 aliphatic heterocycles. The Hall–Kier alpha value is -1.65. The van der Waals surface area contributed by atoms with Crippen LogP contribution in [0, 0.1) is 0 Å². The highest BCUT2D eigenvalue weighted by Gasteiger charge is 2.23. The molecule has 1 fully saturated rings. The molecule has 23 heavy (non-hydrogen) atoms. The molecule has 1 aromatic carbocycles. The Labute approximate surface area is 141 Å². The minimum atomic E-state index is 0.579. The van der Waals surface area contributed by atoms with Crippen LogP contribution in [0.3, 0.4) is 0 Å². The van der Waals surface area contributed by atoms with E-state index < -0.39 is 0 Å². The van der Waals surface area contributed by atoms with Crippen molar-refractivity contribution < 1.29 is 0 Å². The van der Waals surface area contributed by atoms with Gasteiger partial charge in [0.1, 0.15) is 4.83 Å². The number of hydrogen-bond donors (Lipinski definition) is 1. The summed E-state index contributed by atoms with van der Waals surface area (Å²) >= 11 is 1.78. The van der Waals surface area contributed by atoms with Crippen LogP contribution in [0.25, 0.3) is 20.3 Å². The molecular formula is C19H23N3S.